The molecule has 168 valence electrons. The fourth-order valence-corrected chi connectivity index (χ4v) is 5.10. The van der Waals surface area contributed by atoms with E-state index in [1.807, 2.05) is 25.1 Å². The first kappa shape index (κ1) is 23.6. The summed E-state index contributed by atoms with van der Waals surface area (Å²) in [6, 6.07) is 14.1. The van der Waals surface area contributed by atoms with Gasteiger partial charge in [0.25, 0.3) is 0 Å². The fraction of sp³-hybridized carbons (Fsp3) is 0.435. The second kappa shape index (κ2) is 11.0. The molecule has 0 heterocycles. The van der Waals surface area contributed by atoms with E-state index in [1.165, 1.54) is 0 Å². The summed E-state index contributed by atoms with van der Waals surface area (Å²) < 4.78 is 27.6. The smallest absolute Gasteiger partial charge is 0.315 e. The number of amides is 2. The van der Waals surface area contributed by atoms with Crippen LogP contribution in [-0.4, -0.2) is 27.5 Å². The van der Waals surface area contributed by atoms with Gasteiger partial charge in [-0.25, -0.2) is 17.9 Å². The highest BCUT2D eigenvalue weighted by atomic mass is 35.5. The minimum Gasteiger partial charge on any atom is -0.338 e. The molecule has 0 spiro atoms. The van der Waals surface area contributed by atoms with Crippen molar-refractivity contribution in [3.63, 3.8) is 0 Å². The van der Waals surface area contributed by atoms with Crippen molar-refractivity contribution in [3.8, 4) is 0 Å². The number of benzene rings is 2. The predicted octanol–water partition coefficient (Wildman–Crippen LogP) is 4.23. The van der Waals surface area contributed by atoms with Crippen LogP contribution in [0.4, 0.5) is 4.79 Å². The summed E-state index contributed by atoms with van der Waals surface area (Å²) in [7, 11) is -3.47. The van der Waals surface area contributed by atoms with E-state index in [9.17, 15) is 13.2 Å². The molecule has 0 aromatic heterocycles. The molecule has 1 aliphatic rings. The first-order chi connectivity index (χ1) is 14.8. The van der Waals surface area contributed by atoms with Gasteiger partial charge in [0.1, 0.15) is 0 Å². The molecule has 0 atom stereocenters. The minimum atomic E-state index is -3.47. The van der Waals surface area contributed by atoms with Gasteiger partial charge in [-0.3, -0.25) is 0 Å². The maximum atomic E-state index is 12.4. The quantitative estimate of drug-likeness (QED) is 0.547. The van der Waals surface area contributed by atoms with E-state index < -0.39 is 10.0 Å². The number of hydrogen-bond acceptors (Lipinski definition) is 3. The van der Waals surface area contributed by atoms with Crippen LogP contribution >= 0.6 is 11.6 Å². The molecule has 3 N–H and O–H groups in total. The Morgan fingerprint density at radius 3 is 2.19 bits per heavy atom. The number of halogens is 1. The summed E-state index contributed by atoms with van der Waals surface area (Å²) in [5, 5.41) is 6.41. The van der Waals surface area contributed by atoms with Crippen LogP contribution in [0.15, 0.2) is 53.4 Å². The van der Waals surface area contributed by atoms with Crippen LogP contribution in [0.5, 0.6) is 0 Å². The molecule has 8 heteroatoms. The van der Waals surface area contributed by atoms with Crippen molar-refractivity contribution in [2.45, 2.75) is 44.0 Å². The number of carbonyl (C=O) groups excluding carboxylic acids is 1. The first-order valence-electron chi connectivity index (χ1n) is 10.6. The third kappa shape index (κ3) is 7.23. The molecule has 6 nitrogen and oxygen atoms in total. The summed E-state index contributed by atoms with van der Waals surface area (Å²) in [6.07, 6.45) is 3.84. The lowest BCUT2D eigenvalue weighted by atomic mass is 9.82. The molecular formula is C23H30ClN3O3S. The van der Waals surface area contributed by atoms with Gasteiger partial charge in [0.2, 0.25) is 10.0 Å². The highest BCUT2D eigenvalue weighted by Gasteiger charge is 2.23. The van der Waals surface area contributed by atoms with Crippen molar-refractivity contribution in [2.75, 3.05) is 13.1 Å². The molecule has 0 radical (unpaired) electrons. The Morgan fingerprint density at radius 2 is 1.55 bits per heavy atom. The van der Waals surface area contributed by atoms with Crippen LogP contribution < -0.4 is 15.4 Å². The van der Waals surface area contributed by atoms with E-state index >= 15 is 0 Å². The van der Waals surface area contributed by atoms with Gasteiger partial charge >= 0.3 is 6.03 Å². The Kier molecular flexibility index (Phi) is 8.35. The largest absolute Gasteiger partial charge is 0.338 e. The zero-order valence-electron chi connectivity index (χ0n) is 17.7. The van der Waals surface area contributed by atoms with Gasteiger partial charge in [0.15, 0.2) is 0 Å². The summed E-state index contributed by atoms with van der Waals surface area (Å²) in [4.78, 5) is 12.4. The zero-order chi connectivity index (χ0) is 22.3. The standard InChI is InChI=1S/C23H30ClN3O3S/c1-17-6-12-21(13-7-17)31(29,30)27-15-19-10-8-18(9-11-19)14-25-23(28)26-16-20-4-2-3-5-22(20)24/h2-7,12-13,18-19,27H,8-11,14-16H2,1H3,(H2,25,26,28). The molecule has 0 bridgehead atoms. The highest BCUT2D eigenvalue weighted by Crippen LogP contribution is 2.28. The van der Waals surface area contributed by atoms with Crippen molar-refractivity contribution >= 4 is 27.7 Å². The predicted molar refractivity (Wildman–Crippen MR) is 124 cm³/mol. The van der Waals surface area contributed by atoms with Crippen LogP contribution in [0.25, 0.3) is 0 Å². The summed E-state index contributed by atoms with van der Waals surface area (Å²) in [5.74, 6) is 0.738. The number of sulfonamides is 1. The minimum absolute atomic E-state index is 0.201. The van der Waals surface area contributed by atoms with E-state index in [0.29, 0.717) is 41.4 Å². The number of carbonyl (C=O) groups is 1. The lowest BCUT2D eigenvalue weighted by Crippen LogP contribution is -2.39. The number of rotatable bonds is 8. The molecule has 0 saturated heterocycles. The SMILES string of the molecule is Cc1ccc(S(=O)(=O)NCC2CCC(CNC(=O)NCc3ccccc3Cl)CC2)cc1. The van der Waals surface area contributed by atoms with Gasteiger partial charge in [0, 0.05) is 24.7 Å². The van der Waals surface area contributed by atoms with Gasteiger partial charge in [-0.05, 0) is 68.2 Å². The van der Waals surface area contributed by atoms with Crippen LogP contribution in [0.2, 0.25) is 5.02 Å². The highest BCUT2D eigenvalue weighted by molar-refractivity contribution is 7.89. The first-order valence-corrected chi connectivity index (χ1v) is 12.5. The number of aryl methyl sites for hydroxylation is 1. The molecule has 3 rings (SSSR count). The van der Waals surface area contributed by atoms with Gasteiger partial charge in [-0.1, -0.05) is 47.5 Å². The number of nitrogens with one attached hydrogen (secondary N) is 3. The molecule has 0 aliphatic heterocycles. The Morgan fingerprint density at radius 1 is 0.935 bits per heavy atom. The van der Waals surface area contributed by atoms with Gasteiger partial charge in [0.05, 0.1) is 4.90 Å². The summed E-state index contributed by atoms with van der Waals surface area (Å²) >= 11 is 6.10. The lowest BCUT2D eigenvalue weighted by Gasteiger charge is -2.28. The average molecular weight is 464 g/mol. The molecule has 2 aromatic rings. The van der Waals surface area contributed by atoms with E-state index in [2.05, 4.69) is 15.4 Å². The molecule has 1 saturated carbocycles. The maximum absolute atomic E-state index is 12.4. The number of hydrogen-bond donors (Lipinski definition) is 3. The normalized spacial score (nSPS) is 19.0. The Bertz CT molecular complexity index is 972. The van der Waals surface area contributed by atoms with E-state index in [4.69, 9.17) is 11.6 Å². The van der Waals surface area contributed by atoms with Crippen molar-refractivity contribution in [3.05, 3.63) is 64.7 Å². The molecule has 2 amide bonds. The lowest BCUT2D eigenvalue weighted by molar-refractivity contribution is 0.230. The topological polar surface area (TPSA) is 87.3 Å². The Balaban J connectivity index is 1.34. The molecule has 0 unspecified atom stereocenters. The summed E-state index contributed by atoms with van der Waals surface area (Å²) in [6.45, 7) is 3.39. The van der Waals surface area contributed by atoms with Gasteiger partial charge in [-0.2, -0.15) is 0 Å². The van der Waals surface area contributed by atoms with E-state index in [0.717, 1.165) is 36.8 Å². The maximum Gasteiger partial charge on any atom is 0.315 e. The molecule has 2 aromatic carbocycles. The molecular weight excluding hydrogens is 434 g/mol. The fourth-order valence-electron chi connectivity index (χ4n) is 3.78. The third-order valence-electron chi connectivity index (χ3n) is 5.81. The molecule has 1 fully saturated rings. The number of urea groups is 1. The van der Waals surface area contributed by atoms with Crippen LogP contribution in [0.1, 0.15) is 36.8 Å². The van der Waals surface area contributed by atoms with E-state index in [1.54, 1.807) is 30.3 Å². The third-order valence-corrected chi connectivity index (χ3v) is 7.62. The molecule has 1 aliphatic carbocycles. The monoisotopic (exact) mass is 463 g/mol. The molecule has 31 heavy (non-hydrogen) atoms. The van der Waals surface area contributed by atoms with Crippen molar-refractivity contribution in [1.29, 1.82) is 0 Å². The van der Waals surface area contributed by atoms with Crippen LogP contribution in [0.3, 0.4) is 0 Å². The summed E-state index contributed by atoms with van der Waals surface area (Å²) in [5.41, 5.74) is 1.91. The van der Waals surface area contributed by atoms with Crippen LogP contribution in [-0.2, 0) is 16.6 Å². The second-order valence-corrected chi connectivity index (χ2v) is 10.4. The van der Waals surface area contributed by atoms with Gasteiger partial charge in [-0.15, -0.1) is 0 Å². The zero-order valence-corrected chi connectivity index (χ0v) is 19.3. The van der Waals surface area contributed by atoms with Crippen molar-refractivity contribution in [2.24, 2.45) is 11.8 Å². The second-order valence-electron chi connectivity index (χ2n) is 8.21. The van der Waals surface area contributed by atoms with Gasteiger partial charge < -0.3 is 10.6 Å². The van der Waals surface area contributed by atoms with Crippen molar-refractivity contribution < 1.29 is 13.2 Å². The average Bonchev–Trinajstić information content (AvgIpc) is 2.77. The Hall–Kier alpha value is -2.09. The van der Waals surface area contributed by atoms with Crippen LogP contribution in [0, 0.1) is 18.8 Å². The van der Waals surface area contributed by atoms with Crippen molar-refractivity contribution in [1.82, 2.24) is 15.4 Å². The van der Waals surface area contributed by atoms with E-state index in [-0.39, 0.29) is 6.03 Å². The Labute approximate surface area is 189 Å².